The molecule has 2 unspecified atom stereocenters. The standard InChI is InChI=1S/C24H33FN2O4.H2/c25-17-5-6-22-21(13-17)24(16-30-22)8-10-27(11-9-24)19-4-2-1-3-18(14-19)26-23(28)31-20-7-12-29-15-20;/h5-6,13,18-20H,1-4,7-12,14-16H2,(H,26,28);1H/t18?,19?,20-;/m0./s1. The average Bonchev–Trinajstić information content (AvgIpc) is 3.32. The van der Waals surface area contributed by atoms with Crippen LogP contribution in [0.3, 0.4) is 0 Å². The van der Waals surface area contributed by atoms with E-state index in [1.54, 1.807) is 12.1 Å². The Labute approximate surface area is 184 Å². The predicted octanol–water partition coefficient (Wildman–Crippen LogP) is 4.01. The minimum Gasteiger partial charge on any atom is -0.492 e. The topological polar surface area (TPSA) is 60.0 Å². The molecule has 4 aliphatic rings. The Kier molecular flexibility index (Phi) is 6.06. The number of ether oxygens (including phenoxy) is 3. The second-order valence-electron chi connectivity index (χ2n) is 9.65. The molecule has 1 aromatic carbocycles. The zero-order valence-electron chi connectivity index (χ0n) is 18.1. The van der Waals surface area contributed by atoms with E-state index in [1.165, 1.54) is 18.9 Å². The number of nitrogens with zero attached hydrogens (tertiary/aromatic N) is 1. The van der Waals surface area contributed by atoms with Crippen molar-refractivity contribution in [3.8, 4) is 5.75 Å². The minimum atomic E-state index is -0.305. The van der Waals surface area contributed by atoms with Crippen LogP contribution >= 0.6 is 0 Å². The van der Waals surface area contributed by atoms with Gasteiger partial charge in [-0.1, -0.05) is 12.8 Å². The van der Waals surface area contributed by atoms with Crippen LogP contribution in [0.1, 0.15) is 58.4 Å². The Bertz CT molecular complexity index is 796. The van der Waals surface area contributed by atoms with E-state index < -0.39 is 0 Å². The van der Waals surface area contributed by atoms with Gasteiger partial charge >= 0.3 is 6.09 Å². The molecule has 0 radical (unpaired) electrons. The van der Waals surface area contributed by atoms with Crippen LogP contribution in [0.25, 0.3) is 0 Å². The van der Waals surface area contributed by atoms with Crippen molar-refractivity contribution in [1.29, 1.82) is 0 Å². The number of halogens is 1. The first-order chi connectivity index (χ1) is 15.1. The lowest BCUT2D eigenvalue weighted by molar-refractivity contribution is 0.0745. The van der Waals surface area contributed by atoms with E-state index in [0.29, 0.717) is 25.9 Å². The van der Waals surface area contributed by atoms with Crippen molar-refractivity contribution in [2.75, 3.05) is 32.9 Å². The summed E-state index contributed by atoms with van der Waals surface area (Å²) in [5, 5.41) is 3.12. The van der Waals surface area contributed by atoms with E-state index in [-0.39, 0.29) is 30.9 Å². The van der Waals surface area contributed by atoms with Crippen molar-refractivity contribution in [3.63, 3.8) is 0 Å². The number of carbonyl (C=O) groups is 1. The first-order valence-electron chi connectivity index (χ1n) is 11.8. The largest absolute Gasteiger partial charge is 0.492 e. The van der Waals surface area contributed by atoms with Crippen LogP contribution in [0.5, 0.6) is 5.75 Å². The number of hydrogen-bond acceptors (Lipinski definition) is 5. The fraction of sp³-hybridized carbons (Fsp3) is 0.708. The van der Waals surface area contributed by atoms with Gasteiger partial charge in [0.1, 0.15) is 17.7 Å². The molecule has 3 heterocycles. The molecule has 5 rings (SSSR count). The van der Waals surface area contributed by atoms with Gasteiger partial charge in [0.15, 0.2) is 0 Å². The number of benzene rings is 1. The number of likely N-dealkylation sites (tertiary alicyclic amines) is 1. The molecule has 0 bridgehead atoms. The Morgan fingerprint density at radius 2 is 2.06 bits per heavy atom. The fourth-order valence-electron chi connectivity index (χ4n) is 5.82. The van der Waals surface area contributed by atoms with E-state index >= 15 is 0 Å². The first kappa shape index (κ1) is 21.0. The zero-order valence-corrected chi connectivity index (χ0v) is 18.1. The highest BCUT2D eigenvalue weighted by atomic mass is 19.1. The summed E-state index contributed by atoms with van der Waals surface area (Å²) in [6, 6.07) is 5.54. The van der Waals surface area contributed by atoms with Gasteiger partial charge in [-0.05, 0) is 63.4 Å². The van der Waals surface area contributed by atoms with Gasteiger partial charge in [-0.15, -0.1) is 0 Å². The summed E-state index contributed by atoms with van der Waals surface area (Å²) in [5.41, 5.74) is 0.995. The van der Waals surface area contributed by atoms with Gasteiger partial charge < -0.3 is 24.4 Å². The number of alkyl carbamates (subject to hydrolysis) is 1. The maximum atomic E-state index is 13.9. The van der Waals surface area contributed by atoms with E-state index in [2.05, 4.69) is 10.2 Å². The molecule has 1 amide bonds. The number of nitrogens with one attached hydrogen (secondary N) is 1. The van der Waals surface area contributed by atoms with Crippen LogP contribution in [-0.4, -0.2) is 62.1 Å². The lowest BCUT2D eigenvalue weighted by Crippen LogP contribution is -2.49. The van der Waals surface area contributed by atoms with Gasteiger partial charge in [0, 0.05) is 30.9 Å². The SMILES string of the molecule is O=C(NC1CCCCC(N2CCC3(CC2)COc2ccc(F)cc23)C1)O[C@H]1CCOC1.[HH]. The Balaban J connectivity index is 0.00000245. The molecule has 172 valence electrons. The lowest BCUT2D eigenvalue weighted by Gasteiger charge is -2.42. The average molecular weight is 435 g/mol. The zero-order chi connectivity index (χ0) is 21.3. The number of amides is 1. The van der Waals surface area contributed by atoms with Crippen LogP contribution in [0, 0.1) is 5.82 Å². The molecule has 0 aromatic heterocycles. The monoisotopic (exact) mass is 434 g/mol. The molecule has 31 heavy (non-hydrogen) atoms. The van der Waals surface area contributed by atoms with E-state index in [1.807, 2.05) is 0 Å². The normalized spacial score (nSPS) is 30.4. The summed E-state index contributed by atoms with van der Waals surface area (Å²) < 4.78 is 30.6. The van der Waals surface area contributed by atoms with Gasteiger partial charge in [0.2, 0.25) is 0 Å². The third kappa shape index (κ3) is 4.53. The van der Waals surface area contributed by atoms with Gasteiger partial charge in [0.05, 0.1) is 19.8 Å². The highest BCUT2D eigenvalue weighted by Gasteiger charge is 2.44. The fourth-order valence-corrected chi connectivity index (χ4v) is 5.82. The number of piperidine rings is 1. The van der Waals surface area contributed by atoms with Crippen molar-refractivity contribution in [2.45, 2.75) is 75.0 Å². The highest BCUT2D eigenvalue weighted by molar-refractivity contribution is 5.67. The molecule has 3 fully saturated rings. The van der Waals surface area contributed by atoms with Crippen LogP contribution < -0.4 is 10.1 Å². The van der Waals surface area contributed by atoms with Crippen molar-refractivity contribution >= 4 is 6.09 Å². The van der Waals surface area contributed by atoms with E-state index in [4.69, 9.17) is 14.2 Å². The Hall–Kier alpha value is -1.86. The molecule has 1 saturated carbocycles. The van der Waals surface area contributed by atoms with Gasteiger partial charge in [-0.3, -0.25) is 0 Å². The molecule has 3 aliphatic heterocycles. The van der Waals surface area contributed by atoms with E-state index in [9.17, 15) is 9.18 Å². The third-order valence-electron chi connectivity index (χ3n) is 7.67. The smallest absolute Gasteiger partial charge is 0.407 e. The molecule has 1 N–H and O–H groups in total. The van der Waals surface area contributed by atoms with Crippen LogP contribution in [0.2, 0.25) is 0 Å². The summed E-state index contributed by atoms with van der Waals surface area (Å²) in [6.07, 6.45) is 7.80. The molecule has 2 saturated heterocycles. The van der Waals surface area contributed by atoms with Gasteiger partial charge in [-0.2, -0.15) is 0 Å². The lowest BCUT2D eigenvalue weighted by atomic mass is 9.74. The maximum Gasteiger partial charge on any atom is 0.407 e. The van der Waals surface area contributed by atoms with Crippen LogP contribution in [0.4, 0.5) is 9.18 Å². The molecule has 3 atom stereocenters. The number of rotatable bonds is 3. The quantitative estimate of drug-likeness (QED) is 0.729. The summed E-state index contributed by atoms with van der Waals surface area (Å²) >= 11 is 0. The van der Waals surface area contributed by atoms with Crippen molar-refractivity contribution < 1.29 is 24.8 Å². The van der Waals surface area contributed by atoms with Crippen molar-refractivity contribution in [3.05, 3.63) is 29.6 Å². The molecule has 1 spiro atoms. The predicted molar refractivity (Wildman–Crippen MR) is 116 cm³/mol. The summed E-state index contributed by atoms with van der Waals surface area (Å²) in [7, 11) is 0. The molecule has 1 aliphatic carbocycles. The summed E-state index contributed by atoms with van der Waals surface area (Å²) in [5.74, 6) is 0.666. The number of carbonyl (C=O) groups excluding carboxylic acids is 1. The highest BCUT2D eigenvalue weighted by Crippen LogP contribution is 2.46. The van der Waals surface area contributed by atoms with Crippen molar-refractivity contribution in [2.24, 2.45) is 0 Å². The molecule has 7 heteroatoms. The van der Waals surface area contributed by atoms with Crippen LogP contribution in [0.15, 0.2) is 18.2 Å². The van der Waals surface area contributed by atoms with Gasteiger partial charge in [0.25, 0.3) is 0 Å². The Morgan fingerprint density at radius 3 is 2.87 bits per heavy atom. The number of fused-ring (bicyclic) bond motifs is 2. The minimum absolute atomic E-state index is 0. The second-order valence-corrected chi connectivity index (χ2v) is 9.65. The second kappa shape index (κ2) is 8.94. The van der Waals surface area contributed by atoms with Gasteiger partial charge in [-0.25, -0.2) is 9.18 Å². The third-order valence-corrected chi connectivity index (χ3v) is 7.67. The number of hydrogen-bond donors (Lipinski definition) is 1. The molecule has 6 nitrogen and oxygen atoms in total. The van der Waals surface area contributed by atoms with E-state index in [0.717, 1.165) is 62.9 Å². The molecular formula is C24H35FN2O4. The summed E-state index contributed by atoms with van der Waals surface area (Å²) in [6.45, 7) is 3.81. The first-order valence-corrected chi connectivity index (χ1v) is 11.8. The Morgan fingerprint density at radius 1 is 1.23 bits per heavy atom. The van der Waals surface area contributed by atoms with Crippen molar-refractivity contribution in [1.82, 2.24) is 10.2 Å². The molecule has 1 aromatic rings. The maximum absolute atomic E-state index is 13.9. The molecular weight excluding hydrogens is 399 g/mol. The summed E-state index contributed by atoms with van der Waals surface area (Å²) in [4.78, 5) is 14.9. The van der Waals surface area contributed by atoms with Crippen LogP contribution in [-0.2, 0) is 14.9 Å².